The maximum Gasteiger partial charge on any atom is 0.247 e. The van der Waals surface area contributed by atoms with Gasteiger partial charge in [-0.05, 0) is 12.1 Å². The molecule has 8 nitrogen and oxygen atoms in total. The van der Waals surface area contributed by atoms with E-state index in [-0.39, 0.29) is 0 Å². The zero-order chi connectivity index (χ0) is 17.8. The van der Waals surface area contributed by atoms with E-state index in [9.17, 15) is 0 Å². The number of nitrogens with zero attached hydrogens (tertiary/aromatic N) is 6. The highest BCUT2D eigenvalue weighted by Crippen LogP contribution is 2.28. The van der Waals surface area contributed by atoms with E-state index in [4.69, 9.17) is 14.5 Å². The van der Waals surface area contributed by atoms with Gasteiger partial charge in [-0.1, -0.05) is 12.1 Å². The lowest BCUT2D eigenvalue weighted by molar-refractivity contribution is 0.122. The van der Waals surface area contributed by atoms with Gasteiger partial charge in [0.25, 0.3) is 0 Å². The topological polar surface area (TPSA) is 66.9 Å². The van der Waals surface area contributed by atoms with Gasteiger partial charge in [-0.2, -0.15) is 10.1 Å². The smallest absolute Gasteiger partial charge is 0.247 e. The summed E-state index contributed by atoms with van der Waals surface area (Å²) < 4.78 is 10.9. The molecule has 3 heterocycles. The van der Waals surface area contributed by atoms with Crippen LogP contribution in [-0.4, -0.2) is 74.8 Å². The number of hydrogen-bond donors (Lipinski definition) is 0. The first-order valence-corrected chi connectivity index (χ1v) is 9.00. The number of anilines is 3. The number of ether oxygens (including phenoxy) is 2. The number of para-hydroxylation sites is 2. The fourth-order valence-electron chi connectivity index (χ4n) is 3.40. The van der Waals surface area contributed by atoms with Crippen molar-refractivity contribution < 1.29 is 9.47 Å². The number of piperazine rings is 1. The molecule has 0 bridgehead atoms. The highest BCUT2D eigenvalue weighted by Gasteiger charge is 2.22. The quantitative estimate of drug-likeness (QED) is 0.805. The fourth-order valence-corrected chi connectivity index (χ4v) is 3.40. The van der Waals surface area contributed by atoms with Gasteiger partial charge in [-0.15, -0.1) is 5.10 Å². The molecule has 26 heavy (non-hydrogen) atoms. The minimum Gasteiger partial charge on any atom is -0.495 e. The Bertz CT molecular complexity index is 729. The van der Waals surface area contributed by atoms with Gasteiger partial charge < -0.3 is 24.2 Å². The molecule has 1 aromatic heterocycles. The standard InChI is InChI=1S/C18H24N6O2/c1-25-16-5-3-2-4-15(16)22-6-8-24(9-7-22)18-20-17(14-19-21-18)23-10-12-26-13-11-23/h2-5,14H,6-13H2,1H3. The maximum absolute atomic E-state index is 5.49. The zero-order valence-electron chi connectivity index (χ0n) is 15.0. The van der Waals surface area contributed by atoms with Crippen molar-refractivity contribution in [2.45, 2.75) is 0 Å². The Labute approximate surface area is 153 Å². The highest BCUT2D eigenvalue weighted by molar-refractivity contribution is 5.59. The van der Waals surface area contributed by atoms with E-state index in [0.29, 0.717) is 5.95 Å². The van der Waals surface area contributed by atoms with Crippen molar-refractivity contribution in [3.05, 3.63) is 30.5 Å². The first-order chi connectivity index (χ1) is 12.8. The summed E-state index contributed by atoms with van der Waals surface area (Å²) in [6, 6.07) is 8.14. The van der Waals surface area contributed by atoms with E-state index < -0.39 is 0 Å². The molecule has 0 aliphatic carbocycles. The van der Waals surface area contributed by atoms with Gasteiger partial charge in [0, 0.05) is 39.3 Å². The molecule has 0 spiro atoms. The molecule has 2 aliphatic rings. The van der Waals surface area contributed by atoms with Crippen LogP contribution in [0.1, 0.15) is 0 Å². The number of morpholine rings is 1. The summed E-state index contributed by atoms with van der Waals surface area (Å²) >= 11 is 0. The summed E-state index contributed by atoms with van der Waals surface area (Å²) in [6.45, 7) is 6.66. The molecule has 2 saturated heterocycles. The van der Waals surface area contributed by atoms with E-state index in [1.807, 2.05) is 18.2 Å². The average Bonchev–Trinajstić information content (AvgIpc) is 2.74. The summed E-state index contributed by atoms with van der Waals surface area (Å²) in [6.07, 6.45) is 1.74. The Morgan fingerprint density at radius 3 is 2.42 bits per heavy atom. The molecule has 8 heteroatoms. The van der Waals surface area contributed by atoms with Crippen LogP contribution in [0.25, 0.3) is 0 Å². The van der Waals surface area contributed by atoms with Gasteiger partial charge in [0.15, 0.2) is 5.82 Å². The summed E-state index contributed by atoms with van der Waals surface area (Å²) in [5, 5.41) is 8.42. The number of hydrogen-bond acceptors (Lipinski definition) is 8. The van der Waals surface area contributed by atoms with Crippen molar-refractivity contribution >= 4 is 17.5 Å². The highest BCUT2D eigenvalue weighted by atomic mass is 16.5. The van der Waals surface area contributed by atoms with Crippen LogP contribution in [0.3, 0.4) is 0 Å². The van der Waals surface area contributed by atoms with Crippen LogP contribution in [0.4, 0.5) is 17.5 Å². The van der Waals surface area contributed by atoms with Crippen molar-refractivity contribution in [2.75, 3.05) is 74.3 Å². The number of aromatic nitrogens is 3. The van der Waals surface area contributed by atoms with Crippen LogP contribution < -0.4 is 19.4 Å². The van der Waals surface area contributed by atoms with Crippen LogP contribution in [0.15, 0.2) is 30.5 Å². The second-order valence-corrected chi connectivity index (χ2v) is 6.36. The van der Waals surface area contributed by atoms with Crippen LogP contribution in [0, 0.1) is 0 Å². The summed E-state index contributed by atoms with van der Waals surface area (Å²) in [4.78, 5) is 11.5. The molecule has 0 N–H and O–H groups in total. The first-order valence-electron chi connectivity index (χ1n) is 9.00. The monoisotopic (exact) mass is 356 g/mol. The van der Waals surface area contributed by atoms with E-state index in [1.165, 1.54) is 0 Å². The third-order valence-electron chi connectivity index (χ3n) is 4.86. The van der Waals surface area contributed by atoms with Gasteiger partial charge in [0.1, 0.15) is 5.75 Å². The molecule has 0 radical (unpaired) electrons. The number of rotatable bonds is 4. The van der Waals surface area contributed by atoms with E-state index in [2.05, 4.69) is 31.0 Å². The van der Waals surface area contributed by atoms with Crippen molar-refractivity contribution in [2.24, 2.45) is 0 Å². The normalized spacial score (nSPS) is 18.1. The Kier molecular flexibility index (Phi) is 5.01. The van der Waals surface area contributed by atoms with E-state index in [1.54, 1.807) is 13.3 Å². The van der Waals surface area contributed by atoms with Gasteiger partial charge in [0.2, 0.25) is 5.95 Å². The second kappa shape index (κ2) is 7.74. The minimum absolute atomic E-state index is 0.702. The lowest BCUT2D eigenvalue weighted by Gasteiger charge is -2.36. The van der Waals surface area contributed by atoms with Crippen molar-refractivity contribution in [1.29, 1.82) is 0 Å². The first kappa shape index (κ1) is 16.8. The van der Waals surface area contributed by atoms with Crippen LogP contribution in [0.5, 0.6) is 5.75 Å². The van der Waals surface area contributed by atoms with E-state index >= 15 is 0 Å². The summed E-state index contributed by atoms with van der Waals surface area (Å²) in [5.41, 5.74) is 1.13. The Morgan fingerprint density at radius 2 is 1.65 bits per heavy atom. The molecule has 0 saturated carbocycles. The van der Waals surface area contributed by atoms with Crippen LogP contribution in [-0.2, 0) is 4.74 Å². The molecule has 1 aromatic carbocycles. The third-order valence-corrected chi connectivity index (χ3v) is 4.86. The Hall–Kier alpha value is -2.61. The number of methoxy groups -OCH3 is 1. The lowest BCUT2D eigenvalue weighted by Crippen LogP contribution is -2.47. The van der Waals surface area contributed by atoms with Crippen molar-refractivity contribution in [3.8, 4) is 5.75 Å². The molecule has 2 aromatic rings. The SMILES string of the molecule is COc1ccccc1N1CCN(c2nncc(N3CCOCC3)n2)CC1. The minimum atomic E-state index is 0.702. The largest absolute Gasteiger partial charge is 0.495 e. The average molecular weight is 356 g/mol. The lowest BCUT2D eigenvalue weighted by atomic mass is 10.2. The number of benzene rings is 1. The van der Waals surface area contributed by atoms with Gasteiger partial charge in [-0.25, -0.2) is 0 Å². The van der Waals surface area contributed by atoms with E-state index in [0.717, 1.165) is 69.7 Å². The summed E-state index contributed by atoms with van der Waals surface area (Å²) in [7, 11) is 1.71. The predicted molar refractivity (Wildman–Crippen MR) is 100 cm³/mol. The predicted octanol–water partition coefficient (Wildman–Crippen LogP) is 1.04. The molecule has 0 amide bonds. The molecule has 2 fully saturated rings. The molecular formula is C18H24N6O2. The summed E-state index contributed by atoms with van der Waals surface area (Å²) in [5.74, 6) is 2.49. The van der Waals surface area contributed by atoms with Crippen molar-refractivity contribution in [3.63, 3.8) is 0 Å². The van der Waals surface area contributed by atoms with Gasteiger partial charge in [0.05, 0.1) is 32.2 Å². The van der Waals surface area contributed by atoms with Gasteiger partial charge >= 0.3 is 0 Å². The van der Waals surface area contributed by atoms with Crippen LogP contribution in [0.2, 0.25) is 0 Å². The second-order valence-electron chi connectivity index (χ2n) is 6.36. The molecule has 138 valence electrons. The maximum atomic E-state index is 5.49. The molecule has 2 aliphatic heterocycles. The molecular weight excluding hydrogens is 332 g/mol. The fraction of sp³-hybridized carbons (Fsp3) is 0.500. The molecule has 0 unspecified atom stereocenters. The molecule has 0 atom stereocenters. The van der Waals surface area contributed by atoms with Gasteiger partial charge in [-0.3, -0.25) is 0 Å². The molecule has 4 rings (SSSR count). The van der Waals surface area contributed by atoms with Crippen molar-refractivity contribution in [1.82, 2.24) is 15.2 Å². The third kappa shape index (κ3) is 3.50. The Balaban J connectivity index is 1.43. The zero-order valence-corrected chi connectivity index (χ0v) is 15.0. The van der Waals surface area contributed by atoms with Crippen LogP contribution >= 0.6 is 0 Å². The Morgan fingerprint density at radius 1 is 0.923 bits per heavy atom.